The summed E-state index contributed by atoms with van der Waals surface area (Å²) in [5.41, 5.74) is 3.39. The summed E-state index contributed by atoms with van der Waals surface area (Å²) in [7, 11) is 0. The largest absolute Gasteiger partial charge is 0.502 e. The van der Waals surface area contributed by atoms with Gasteiger partial charge in [-0.3, -0.25) is 4.98 Å². The van der Waals surface area contributed by atoms with E-state index in [-0.39, 0.29) is 0 Å². The first-order chi connectivity index (χ1) is 10.9. The van der Waals surface area contributed by atoms with E-state index in [0.29, 0.717) is 18.5 Å². The summed E-state index contributed by atoms with van der Waals surface area (Å²) in [6, 6.07) is 4.01. The van der Waals surface area contributed by atoms with Gasteiger partial charge >= 0.3 is 0 Å². The van der Waals surface area contributed by atoms with Gasteiger partial charge in [0.1, 0.15) is 0 Å². The highest BCUT2D eigenvalue weighted by atomic mass is 16.5. The maximum absolute atomic E-state index is 5.10. The van der Waals surface area contributed by atoms with Gasteiger partial charge in [-0.05, 0) is 37.0 Å². The van der Waals surface area contributed by atoms with Gasteiger partial charge in [-0.1, -0.05) is 6.58 Å². The molecule has 0 spiro atoms. The smallest absolute Gasteiger partial charge is 0.222 e. The fraction of sp³-hybridized carbons (Fsp3) is 0.353. The summed E-state index contributed by atoms with van der Waals surface area (Å²) in [5.74, 6) is 1.26. The minimum atomic E-state index is 0.566. The van der Waals surface area contributed by atoms with Gasteiger partial charge in [-0.2, -0.15) is 0 Å². The topological polar surface area (TPSA) is 59.9 Å². The van der Waals surface area contributed by atoms with Crippen molar-refractivity contribution in [1.29, 1.82) is 0 Å². The van der Waals surface area contributed by atoms with E-state index in [1.54, 1.807) is 12.4 Å². The molecule has 1 N–H and O–H groups in total. The fourth-order valence-corrected chi connectivity index (χ4v) is 2.34. The molecule has 22 heavy (non-hydrogen) atoms. The van der Waals surface area contributed by atoms with Crippen molar-refractivity contribution in [3.8, 4) is 11.1 Å². The SMILES string of the molecule is C=COCCCNc1ncc(-c2ccncc2)c(C2CC2)n1. The number of anilines is 1. The van der Waals surface area contributed by atoms with Gasteiger partial charge in [0.25, 0.3) is 0 Å². The van der Waals surface area contributed by atoms with Crippen molar-refractivity contribution < 1.29 is 4.74 Å². The quantitative estimate of drug-likeness (QED) is 0.598. The van der Waals surface area contributed by atoms with Crippen molar-refractivity contribution in [2.45, 2.75) is 25.2 Å². The fourth-order valence-electron chi connectivity index (χ4n) is 2.34. The van der Waals surface area contributed by atoms with Gasteiger partial charge in [-0.25, -0.2) is 9.97 Å². The van der Waals surface area contributed by atoms with Gasteiger partial charge in [0.05, 0.1) is 18.6 Å². The normalized spacial score (nSPS) is 13.6. The second kappa shape index (κ2) is 7.02. The highest BCUT2D eigenvalue weighted by Crippen LogP contribution is 2.43. The standard InChI is InChI=1S/C17H20N4O/c1-2-22-11-3-8-19-17-20-12-15(13-6-9-18-10-7-13)16(21-17)14-4-5-14/h2,6-7,9-10,12,14H,1,3-5,8,11H2,(H,19,20,21). The molecule has 5 heteroatoms. The van der Waals surface area contributed by atoms with Crippen LogP contribution in [0.2, 0.25) is 0 Å². The van der Waals surface area contributed by atoms with Gasteiger partial charge in [0.15, 0.2) is 0 Å². The molecule has 0 atom stereocenters. The van der Waals surface area contributed by atoms with E-state index < -0.39 is 0 Å². The molecule has 2 heterocycles. The van der Waals surface area contributed by atoms with Gasteiger partial charge in [0.2, 0.25) is 5.95 Å². The molecule has 0 unspecified atom stereocenters. The third kappa shape index (κ3) is 3.61. The van der Waals surface area contributed by atoms with Crippen LogP contribution >= 0.6 is 0 Å². The molecule has 1 aliphatic carbocycles. The zero-order chi connectivity index (χ0) is 15.2. The monoisotopic (exact) mass is 296 g/mol. The molecule has 1 aliphatic rings. The van der Waals surface area contributed by atoms with E-state index >= 15 is 0 Å². The Morgan fingerprint density at radius 2 is 2.14 bits per heavy atom. The van der Waals surface area contributed by atoms with E-state index in [1.165, 1.54) is 19.1 Å². The second-order valence-electron chi connectivity index (χ2n) is 5.32. The Morgan fingerprint density at radius 1 is 1.32 bits per heavy atom. The number of nitrogens with one attached hydrogen (secondary N) is 1. The minimum absolute atomic E-state index is 0.566. The molecule has 5 nitrogen and oxygen atoms in total. The minimum Gasteiger partial charge on any atom is -0.502 e. The van der Waals surface area contributed by atoms with Crippen LogP contribution in [0.3, 0.4) is 0 Å². The Balaban J connectivity index is 1.72. The highest BCUT2D eigenvalue weighted by Gasteiger charge is 2.28. The number of pyridine rings is 1. The van der Waals surface area contributed by atoms with Gasteiger partial charge < -0.3 is 10.1 Å². The molecular formula is C17H20N4O. The van der Waals surface area contributed by atoms with E-state index in [9.17, 15) is 0 Å². The molecule has 0 saturated heterocycles. The zero-order valence-electron chi connectivity index (χ0n) is 12.5. The highest BCUT2D eigenvalue weighted by molar-refractivity contribution is 5.66. The van der Waals surface area contributed by atoms with Crippen LogP contribution in [-0.4, -0.2) is 28.1 Å². The molecular weight excluding hydrogens is 276 g/mol. The first-order valence-electron chi connectivity index (χ1n) is 7.62. The van der Waals surface area contributed by atoms with Crippen LogP contribution in [0.15, 0.2) is 43.6 Å². The van der Waals surface area contributed by atoms with E-state index in [1.807, 2.05) is 18.3 Å². The zero-order valence-corrected chi connectivity index (χ0v) is 12.5. The van der Waals surface area contributed by atoms with Crippen LogP contribution in [0.1, 0.15) is 30.9 Å². The Hall–Kier alpha value is -2.43. The average Bonchev–Trinajstić information content (AvgIpc) is 3.40. The number of nitrogens with zero attached hydrogens (tertiary/aromatic N) is 3. The average molecular weight is 296 g/mol. The summed E-state index contributed by atoms with van der Waals surface area (Å²) < 4.78 is 5.10. The summed E-state index contributed by atoms with van der Waals surface area (Å²) in [5, 5.41) is 3.26. The first kappa shape index (κ1) is 14.5. The number of ether oxygens (including phenoxy) is 1. The van der Waals surface area contributed by atoms with Crippen molar-refractivity contribution in [1.82, 2.24) is 15.0 Å². The first-order valence-corrected chi connectivity index (χ1v) is 7.62. The number of aromatic nitrogens is 3. The maximum atomic E-state index is 5.10. The predicted octanol–water partition coefficient (Wildman–Crippen LogP) is 3.38. The maximum Gasteiger partial charge on any atom is 0.222 e. The van der Waals surface area contributed by atoms with Gasteiger partial charge in [-0.15, -0.1) is 0 Å². The number of rotatable bonds is 8. The number of hydrogen-bond donors (Lipinski definition) is 1. The van der Waals surface area contributed by atoms with Crippen molar-refractivity contribution in [2.24, 2.45) is 0 Å². The van der Waals surface area contributed by atoms with Crippen LogP contribution in [0.25, 0.3) is 11.1 Å². The van der Waals surface area contributed by atoms with Crippen LogP contribution in [0.5, 0.6) is 0 Å². The van der Waals surface area contributed by atoms with E-state index in [0.717, 1.165) is 29.8 Å². The Morgan fingerprint density at radius 3 is 2.86 bits per heavy atom. The van der Waals surface area contributed by atoms with Crippen LogP contribution < -0.4 is 5.32 Å². The summed E-state index contributed by atoms with van der Waals surface area (Å²) in [6.45, 7) is 4.96. The van der Waals surface area contributed by atoms with Gasteiger partial charge in [0, 0.05) is 36.6 Å². The molecule has 2 aromatic heterocycles. The summed E-state index contributed by atoms with van der Waals surface area (Å²) in [6.07, 6.45) is 10.3. The molecule has 0 aliphatic heterocycles. The molecule has 0 radical (unpaired) electrons. The molecule has 3 rings (SSSR count). The Kier molecular flexibility index (Phi) is 4.63. The molecule has 0 aromatic carbocycles. The second-order valence-corrected chi connectivity index (χ2v) is 5.32. The number of hydrogen-bond acceptors (Lipinski definition) is 5. The van der Waals surface area contributed by atoms with Crippen molar-refractivity contribution >= 4 is 5.95 Å². The Labute approximate surface area is 130 Å². The molecule has 0 bridgehead atoms. The third-order valence-electron chi connectivity index (χ3n) is 3.61. The van der Waals surface area contributed by atoms with E-state index in [2.05, 4.69) is 21.9 Å². The predicted molar refractivity (Wildman–Crippen MR) is 86.5 cm³/mol. The van der Waals surface area contributed by atoms with Crippen LogP contribution in [-0.2, 0) is 4.74 Å². The molecule has 1 saturated carbocycles. The third-order valence-corrected chi connectivity index (χ3v) is 3.61. The summed E-state index contributed by atoms with van der Waals surface area (Å²) in [4.78, 5) is 13.2. The lowest BCUT2D eigenvalue weighted by atomic mass is 10.0. The van der Waals surface area contributed by atoms with Crippen molar-refractivity contribution in [3.63, 3.8) is 0 Å². The lowest BCUT2D eigenvalue weighted by Crippen LogP contribution is -2.09. The van der Waals surface area contributed by atoms with Crippen LogP contribution in [0, 0.1) is 0 Å². The van der Waals surface area contributed by atoms with Crippen molar-refractivity contribution in [3.05, 3.63) is 49.3 Å². The van der Waals surface area contributed by atoms with E-state index in [4.69, 9.17) is 9.72 Å². The lowest BCUT2D eigenvalue weighted by Gasteiger charge is -2.11. The van der Waals surface area contributed by atoms with Crippen molar-refractivity contribution in [2.75, 3.05) is 18.5 Å². The van der Waals surface area contributed by atoms with Crippen LogP contribution in [0.4, 0.5) is 5.95 Å². The molecule has 0 amide bonds. The molecule has 1 fully saturated rings. The summed E-state index contributed by atoms with van der Waals surface area (Å²) >= 11 is 0. The Bertz CT molecular complexity index is 626. The molecule has 2 aromatic rings. The lowest BCUT2D eigenvalue weighted by molar-refractivity contribution is 0.249. The molecule has 114 valence electrons.